The fraction of sp³-hybridized carbons (Fsp3) is 0.333. The minimum Gasteiger partial charge on any atom is -0.494 e. The molecule has 0 bridgehead atoms. The molecule has 1 atom stereocenters. The molecule has 0 unspecified atom stereocenters. The molecule has 2 aromatic rings. The molecule has 1 aromatic heterocycles. The molecule has 2 heterocycles. The van der Waals surface area contributed by atoms with E-state index in [2.05, 4.69) is 11.2 Å². The molecule has 0 radical (unpaired) electrons. The Morgan fingerprint density at radius 2 is 2.33 bits per heavy atom. The highest BCUT2D eigenvalue weighted by molar-refractivity contribution is 5.79. The molecule has 1 saturated heterocycles. The Bertz CT molecular complexity index is 696. The smallest absolute Gasteiger partial charge is 0.170 e. The number of para-hydroxylation sites is 1. The SMILES string of the molecule is COc1c(N)cccc1-c1cn([C@@H]2CCOC2)nc1C#N. The maximum atomic E-state index is 9.34. The topological polar surface area (TPSA) is 86.1 Å². The van der Waals surface area contributed by atoms with Crippen LogP contribution in [-0.4, -0.2) is 30.1 Å². The van der Waals surface area contributed by atoms with Crippen LogP contribution in [-0.2, 0) is 4.74 Å². The Labute approximate surface area is 122 Å². The highest BCUT2D eigenvalue weighted by Crippen LogP contribution is 2.36. The number of ether oxygens (including phenoxy) is 2. The number of hydrogen-bond donors (Lipinski definition) is 1. The van der Waals surface area contributed by atoms with Gasteiger partial charge < -0.3 is 15.2 Å². The molecule has 6 heteroatoms. The Morgan fingerprint density at radius 1 is 1.48 bits per heavy atom. The summed E-state index contributed by atoms with van der Waals surface area (Å²) in [4.78, 5) is 0. The third-order valence-electron chi connectivity index (χ3n) is 3.66. The van der Waals surface area contributed by atoms with Gasteiger partial charge >= 0.3 is 0 Å². The Kier molecular flexibility index (Phi) is 3.50. The second-order valence-corrected chi connectivity index (χ2v) is 4.93. The van der Waals surface area contributed by atoms with E-state index < -0.39 is 0 Å². The van der Waals surface area contributed by atoms with Gasteiger partial charge in [0.25, 0.3) is 0 Å². The zero-order valence-corrected chi connectivity index (χ0v) is 11.7. The van der Waals surface area contributed by atoms with Crippen LogP contribution in [0.15, 0.2) is 24.4 Å². The first-order chi connectivity index (χ1) is 10.2. The Hall–Kier alpha value is -2.52. The van der Waals surface area contributed by atoms with Gasteiger partial charge in [-0.3, -0.25) is 4.68 Å². The highest BCUT2D eigenvalue weighted by atomic mass is 16.5. The summed E-state index contributed by atoms with van der Waals surface area (Å²) in [5, 5.41) is 13.7. The van der Waals surface area contributed by atoms with Gasteiger partial charge in [-0.25, -0.2) is 0 Å². The van der Waals surface area contributed by atoms with Crippen molar-refractivity contribution in [3.05, 3.63) is 30.1 Å². The van der Waals surface area contributed by atoms with Gasteiger partial charge in [-0.2, -0.15) is 10.4 Å². The lowest BCUT2D eigenvalue weighted by Crippen LogP contribution is -2.09. The number of nitriles is 1. The number of nitrogens with zero attached hydrogens (tertiary/aromatic N) is 3. The van der Waals surface area contributed by atoms with Crippen LogP contribution in [0.3, 0.4) is 0 Å². The van der Waals surface area contributed by atoms with E-state index in [0.717, 1.165) is 24.2 Å². The van der Waals surface area contributed by atoms with Crippen LogP contribution in [0.2, 0.25) is 0 Å². The van der Waals surface area contributed by atoms with Crippen molar-refractivity contribution >= 4 is 5.69 Å². The van der Waals surface area contributed by atoms with E-state index in [9.17, 15) is 5.26 Å². The normalized spacial score (nSPS) is 17.6. The van der Waals surface area contributed by atoms with Gasteiger partial charge in [0.1, 0.15) is 11.8 Å². The number of anilines is 1. The fourth-order valence-electron chi connectivity index (χ4n) is 2.58. The summed E-state index contributed by atoms with van der Waals surface area (Å²) in [6.45, 7) is 1.35. The van der Waals surface area contributed by atoms with E-state index in [-0.39, 0.29) is 6.04 Å². The summed E-state index contributed by atoms with van der Waals surface area (Å²) in [7, 11) is 1.57. The zero-order chi connectivity index (χ0) is 14.8. The molecule has 0 spiro atoms. The lowest BCUT2D eigenvalue weighted by molar-refractivity contribution is 0.184. The molecule has 21 heavy (non-hydrogen) atoms. The van der Waals surface area contributed by atoms with Crippen molar-refractivity contribution in [1.82, 2.24) is 9.78 Å². The molecular formula is C15H16N4O2. The molecule has 1 fully saturated rings. The van der Waals surface area contributed by atoms with Gasteiger partial charge in [-0.05, 0) is 12.5 Å². The van der Waals surface area contributed by atoms with Gasteiger partial charge in [0.15, 0.2) is 5.69 Å². The first kappa shape index (κ1) is 13.5. The minimum absolute atomic E-state index is 0.179. The summed E-state index contributed by atoms with van der Waals surface area (Å²) in [6.07, 6.45) is 2.77. The summed E-state index contributed by atoms with van der Waals surface area (Å²) in [5.41, 5.74) is 8.35. The van der Waals surface area contributed by atoms with Gasteiger partial charge in [0.2, 0.25) is 0 Å². The first-order valence-corrected chi connectivity index (χ1v) is 6.74. The summed E-state index contributed by atoms with van der Waals surface area (Å²) >= 11 is 0. The van der Waals surface area contributed by atoms with Gasteiger partial charge in [0.05, 0.1) is 25.4 Å². The average Bonchev–Trinajstić information content (AvgIpc) is 3.15. The largest absolute Gasteiger partial charge is 0.494 e. The molecule has 1 aliphatic rings. The quantitative estimate of drug-likeness (QED) is 0.871. The molecular weight excluding hydrogens is 268 g/mol. The van der Waals surface area contributed by atoms with Crippen molar-refractivity contribution in [3.63, 3.8) is 0 Å². The number of benzene rings is 1. The molecule has 0 amide bonds. The standard InChI is InChI=1S/C15H16N4O2/c1-20-15-11(3-2-4-13(15)17)12-8-19(18-14(12)7-16)10-5-6-21-9-10/h2-4,8,10H,5-6,9,17H2,1H3/t10-/m1/s1. The number of aromatic nitrogens is 2. The third-order valence-corrected chi connectivity index (χ3v) is 3.66. The first-order valence-electron chi connectivity index (χ1n) is 6.74. The van der Waals surface area contributed by atoms with E-state index in [1.165, 1.54) is 0 Å². The number of rotatable bonds is 3. The van der Waals surface area contributed by atoms with Crippen molar-refractivity contribution in [2.24, 2.45) is 0 Å². The highest BCUT2D eigenvalue weighted by Gasteiger charge is 2.22. The maximum Gasteiger partial charge on any atom is 0.170 e. The molecule has 6 nitrogen and oxygen atoms in total. The third kappa shape index (κ3) is 2.32. The van der Waals surface area contributed by atoms with Crippen molar-refractivity contribution in [2.75, 3.05) is 26.1 Å². The van der Waals surface area contributed by atoms with E-state index in [1.54, 1.807) is 13.2 Å². The van der Waals surface area contributed by atoms with Crippen LogP contribution < -0.4 is 10.5 Å². The van der Waals surface area contributed by atoms with Crippen molar-refractivity contribution < 1.29 is 9.47 Å². The minimum atomic E-state index is 0.179. The van der Waals surface area contributed by atoms with Crippen molar-refractivity contribution in [2.45, 2.75) is 12.5 Å². The fourth-order valence-corrected chi connectivity index (χ4v) is 2.58. The molecule has 0 aliphatic carbocycles. The maximum absolute atomic E-state index is 9.34. The van der Waals surface area contributed by atoms with E-state index in [1.807, 2.05) is 23.0 Å². The van der Waals surface area contributed by atoms with Crippen LogP contribution in [0.25, 0.3) is 11.1 Å². The average molecular weight is 284 g/mol. The number of hydrogen-bond acceptors (Lipinski definition) is 5. The van der Waals surface area contributed by atoms with E-state index in [4.69, 9.17) is 15.2 Å². The van der Waals surface area contributed by atoms with Gasteiger partial charge in [-0.1, -0.05) is 12.1 Å². The number of nitrogens with two attached hydrogens (primary N) is 1. The Balaban J connectivity index is 2.10. The molecule has 2 N–H and O–H groups in total. The zero-order valence-electron chi connectivity index (χ0n) is 11.7. The summed E-state index contributed by atoms with van der Waals surface area (Å²) in [6, 6.07) is 7.80. The molecule has 108 valence electrons. The van der Waals surface area contributed by atoms with Gasteiger partial charge in [-0.15, -0.1) is 0 Å². The molecule has 0 saturated carbocycles. The van der Waals surface area contributed by atoms with E-state index in [0.29, 0.717) is 23.7 Å². The Morgan fingerprint density at radius 3 is 3.00 bits per heavy atom. The van der Waals surface area contributed by atoms with Crippen LogP contribution in [0.4, 0.5) is 5.69 Å². The number of methoxy groups -OCH3 is 1. The monoisotopic (exact) mass is 284 g/mol. The van der Waals surface area contributed by atoms with Crippen molar-refractivity contribution in [3.8, 4) is 22.9 Å². The summed E-state index contributed by atoms with van der Waals surface area (Å²) < 4.78 is 12.6. The molecule has 3 rings (SSSR count). The predicted octanol–water partition coefficient (Wildman–Crippen LogP) is 1.97. The number of nitrogen functional groups attached to an aromatic ring is 1. The van der Waals surface area contributed by atoms with E-state index >= 15 is 0 Å². The van der Waals surface area contributed by atoms with Crippen LogP contribution in [0.1, 0.15) is 18.2 Å². The van der Waals surface area contributed by atoms with Crippen LogP contribution in [0.5, 0.6) is 5.75 Å². The van der Waals surface area contributed by atoms with Crippen molar-refractivity contribution in [1.29, 1.82) is 5.26 Å². The second-order valence-electron chi connectivity index (χ2n) is 4.93. The summed E-state index contributed by atoms with van der Waals surface area (Å²) in [5.74, 6) is 0.566. The lowest BCUT2D eigenvalue weighted by Gasteiger charge is -2.10. The van der Waals surface area contributed by atoms with Gasteiger partial charge in [0, 0.05) is 23.9 Å². The van der Waals surface area contributed by atoms with Crippen LogP contribution >= 0.6 is 0 Å². The predicted molar refractivity (Wildman–Crippen MR) is 77.8 cm³/mol. The van der Waals surface area contributed by atoms with Crippen LogP contribution in [0, 0.1) is 11.3 Å². The lowest BCUT2D eigenvalue weighted by atomic mass is 10.0. The second kappa shape index (κ2) is 5.46. The molecule has 1 aliphatic heterocycles. The molecule has 1 aromatic carbocycles.